The number of rotatable bonds is 7. The topological polar surface area (TPSA) is 32.3 Å². The van der Waals surface area contributed by atoms with Crippen LogP contribution in [0.3, 0.4) is 0 Å². The van der Waals surface area contributed by atoms with Gasteiger partial charge < -0.3 is 10.4 Å². The molecule has 0 aliphatic carbocycles. The molecule has 0 aromatic heterocycles. The molecule has 0 fully saturated rings. The second-order valence-corrected chi connectivity index (χ2v) is 4.80. The lowest BCUT2D eigenvalue weighted by Crippen LogP contribution is -2.29. The highest BCUT2D eigenvalue weighted by Crippen LogP contribution is 2.20. The van der Waals surface area contributed by atoms with E-state index in [1.165, 1.54) is 10.5 Å². The van der Waals surface area contributed by atoms with Crippen LogP contribution in [0, 0.1) is 0 Å². The van der Waals surface area contributed by atoms with Crippen molar-refractivity contribution in [2.24, 2.45) is 0 Å². The number of hydrogen-bond donors (Lipinski definition) is 2. The first-order chi connectivity index (χ1) is 7.77. The SMILES string of the molecule is CSc1ccccc1CC(C)NCCCO. The minimum Gasteiger partial charge on any atom is -0.396 e. The molecule has 0 heterocycles. The van der Waals surface area contributed by atoms with Gasteiger partial charge in [0.15, 0.2) is 0 Å². The fourth-order valence-electron chi connectivity index (χ4n) is 1.70. The summed E-state index contributed by atoms with van der Waals surface area (Å²) >= 11 is 1.80. The Labute approximate surface area is 102 Å². The van der Waals surface area contributed by atoms with Crippen molar-refractivity contribution in [1.82, 2.24) is 5.32 Å². The number of thioether (sulfide) groups is 1. The van der Waals surface area contributed by atoms with Crippen LogP contribution >= 0.6 is 11.8 Å². The molecule has 1 rings (SSSR count). The largest absolute Gasteiger partial charge is 0.396 e. The number of aliphatic hydroxyl groups excluding tert-OH is 1. The molecule has 0 spiro atoms. The highest BCUT2D eigenvalue weighted by Gasteiger charge is 2.05. The van der Waals surface area contributed by atoms with Gasteiger partial charge in [0.2, 0.25) is 0 Å². The van der Waals surface area contributed by atoms with Crippen LogP contribution in [0.2, 0.25) is 0 Å². The van der Waals surface area contributed by atoms with Crippen LogP contribution < -0.4 is 5.32 Å². The van der Waals surface area contributed by atoms with Gasteiger partial charge in [0.1, 0.15) is 0 Å². The molecule has 3 heteroatoms. The Morgan fingerprint density at radius 2 is 2.12 bits per heavy atom. The quantitative estimate of drug-likeness (QED) is 0.566. The van der Waals surface area contributed by atoms with Gasteiger partial charge in [-0.1, -0.05) is 18.2 Å². The zero-order chi connectivity index (χ0) is 11.8. The van der Waals surface area contributed by atoms with Crippen LogP contribution in [0.1, 0.15) is 18.9 Å². The van der Waals surface area contributed by atoms with Crippen molar-refractivity contribution in [2.75, 3.05) is 19.4 Å². The highest BCUT2D eigenvalue weighted by molar-refractivity contribution is 7.98. The maximum absolute atomic E-state index is 8.71. The van der Waals surface area contributed by atoms with Crippen LogP contribution in [0.25, 0.3) is 0 Å². The van der Waals surface area contributed by atoms with Gasteiger partial charge in [-0.15, -0.1) is 11.8 Å². The Hall–Kier alpha value is -0.510. The van der Waals surface area contributed by atoms with Crippen molar-refractivity contribution in [3.63, 3.8) is 0 Å². The molecular weight excluding hydrogens is 218 g/mol. The summed E-state index contributed by atoms with van der Waals surface area (Å²) in [6.07, 6.45) is 3.99. The summed E-state index contributed by atoms with van der Waals surface area (Å²) in [5.74, 6) is 0. The lowest BCUT2D eigenvalue weighted by atomic mass is 10.1. The van der Waals surface area contributed by atoms with Gasteiger partial charge >= 0.3 is 0 Å². The molecule has 90 valence electrons. The van der Waals surface area contributed by atoms with E-state index in [0.29, 0.717) is 6.04 Å². The maximum Gasteiger partial charge on any atom is 0.0443 e. The Morgan fingerprint density at radius 3 is 2.81 bits per heavy atom. The molecule has 2 N–H and O–H groups in total. The van der Waals surface area contributed by atoms with E-state index >= 15 is 0 Å². The van der Waals surface area contributed by atoms with E-state index in [2.05, 4.69) is 42.8 Å². The van der Waals surface area contributed by atoms with Crippen LogP contribution in [0.15, 0.2) is 29.2 Å². The Kier molecular flexibility index (Phi) is 6.53. The zero-order valence-corrected chi connectivity index (χ0v) is 10.9. The summed E-state index contributed by atoms with van der Waals surface area (Å²) in [6, 6.07) is 8.99. The molecular formula is C13H21NOS. The Balaban J connectivity index is 2.45. The van der Waals surface area contributed by atoms with Crippen LogP contribution in [0.4, 0.5) is 0 Å². The monoisotopic (exact) mass is 239 g/mol. The van der Waals surface area contributed by atoms with E-state index in [4.69, 9.17) is 5.11 Å². The Bertz CT molecular complexity index is 304. The van der Waals surface area contributed by atoms with Gasteiger partial charge in [0.25, 0.3) is 0 Å². The number of hydrogen-bond acceptors (Lipinski definition) is 3. The van der Waals surface area contributed by atoms with Gasteiger partial charge in [-0.25, -0.2) is 0 Å². The van der Waals surface area contributed by atoms with Crippen LogP contribution in [0.5, 0.6) is 0 Å². The van der Waals surface area contributed by atoms with Crippen molar-refractivity contribution >= 4 is 11.8 Å². The molecule has 0 aliphatic rings. The Morgan fingerprint density at radius 1 is 1.38 bits per heavy atom. The third-order valence-corrected chi connectivity index (χ3v) is 3.38. The maximum atomic E-state index is 8.71. The van der Waals surface area contributed by atoms with Crippen molar-refractivity contribution in [1.29, 1.82) is 0 Å². The van der Waals surface area contributed by atoms with Crippen molar-refractivity contribution in [2.45, 2.75) is 30.7 Å². The minimum atomic E-state index is 0.265. The van der Waals surface area contributed by atoms with Crippen LogP contribution in [-0.4, -0.2) is 30.6 Å². The predicted octanol–water partition coefficient (Wildman–Crippen LogP) is 2.31. The van der Waals surface area contributed by atoms with Gasteiger partial charge in [-0.05, 0) is 44.2 Å². The fraction of sp³-hybridized carbons (Fsp3) is 0.538. The molecule has 0 aliphatic heterocycles. The molecule has 0 amide bonds. The summed E-state index contributed by atoms with van der Waals surface area (Å²) < 4.78 is 0. The van der Waals surface area contributed by atoms with E-state index < -0.39 is 0 Å². The molecule has 1 unspecified atom stereocenters. The average molecular weight is 239 g/mol. The third kappa shape index (κ3) is 4.56. The van der Waals surface area contributed by atoms with Gasteiger partial charge in [-0.2, -0.15) is 0 Å². The highest BCUT2D eigenvalue weighted by atomic mass is 32.2. The van der Waals surface area contributed by atoms with Gasteiger partial charge in [0.05, 0.1) is 0 Å². The first-order valence-corrected chi connectivity index (χ1v) is 6.96. The van der Waals surface area contributed by atoms with E-state index in [9.17, 15) is 0 Å². The average Bonchev–Trinajstić information content (AvgIpc) is 2.30. The molecule has 2 nitrogen and oxygen atoms in total. The third-order valence-electron chi connectivity index (χ3n) is 2.55. The van der Waals surface area contributed by atoms with Crippen molar-refractivity contribution < 1.29 is 5.11 Å². The fourth-order valence-corrected chi connectivity index (χ4v) is 2.33. The molecule has 0 saturated carbocycles. The van der Waals surface area contributed by atoms with Gasteiger partial charge in [0, 0.05) is 17.5 Å². The van der Waals surface area contributed by atoms with Crippen LogP contribution in [-0.2, 0) is 6.42 Å². The zero-order valence-electron chi connectivity index (χ0n) is 10.1. The summed E-state index contributed by atoms with van der Waals surface area (Å²) in [5.41, 5.74) is 1.40. The van der Waals surface area contributed by atoms with Crippen molar-refractivity contribution in [3.05, 3.63) is 29.8 Å². The van der Waals surface area contributed by atoms with Crippen molar-refractivity contribution in [3.8, 4) is 0 Å². The lowest BCUT2D eigenvalue weighted by molar-refractivity contribution is 0.283. The lowest BCUT2D eigenvalue weighted by Gasteiger charge is -2.15. The molecule has 0 saturated heterocycles. The molecule has 0 radical (unpaired) electrons. The first kappa shape index (κ1) is 13.6. The second-order valence-electron chi connectivity index (χ2n) is 3.95. The predicted molar refractivity (Wildman–Crippen MR) is 71.1 cm³/mol. The molecule has 0 bridgehead atoms. The van der Waals surface area contributed by atoms with E-state index in [1.807, 2.05) is 0 Å². The molecule has 1 aromatic carbocycles. The molecule has 1 atom stereocenters. The van der Waals surface area contributed by atoms with E-state index in [-0.39, 0.29) is 6.61 Å². The second kappa shape index (κ2) is 7.71. The summed E-state index contributed by atoms with van der Waals surface area (Å²) in [6.45, 7) is 3.34. The standard InChI is InChI=1S/C13H21NOS/c1-11(14-8-5-9-15)10-12-6-3-4-7-13(12)16-2/h3-4,6-7,11,14-15H,5,8-10H2,1-2H3. The summed E-state index contributed by atoms with van der Waals surface area (Å²) in [5, 5.41) is 12.1. The minimum absolute atomic E-state index is 0.265. The number of aliphatic hydroxyl groups is 1. The molecule has 16 heavy (non-hydrogen) atoms. The van der Waals surface area contributed by atoms with Gasteiger partial charge in [-0.3, -0.25) is 0 Å². The number of benzene rings is 1. The first-order valence-electron chi connectivity index (χ1n) is 5.74. The summed E-state index contributed by atoms with van der Waals surface area (Å²) in [7, 11) is 0. The smallest absolute Gasteiger partial charge is 0.0443 e. The molecule has 1 aromatic rings. The normalized spacial score (nSPS) is 12.7. The number of nitrogens with one attached hydrogen (secondary N) is 1. The van der Waals surface area contributed by atoms with E-state index in [1.54, 1.807) is 11.8 Å². The van der Waals surface area contributed by atoms with E-state index in [0.717, 1.165) is 19.4 Å². The summed E-state index contributed by atoms with van der Waals surface area (Å²) in [4.78, 5) is 1.36.